The Morgan fingerprint density at radius 1 is 0.792 bits per heavy atom. The molecule has 1 amide bonds. The van der Waals surface area contributed by atoms with E-state index in [0.29, 0.717) is 17.1 Å². The number of nitrogens with zero attached hydrogens (tertiary/aromatic N) is 2. The van der Waals surface area contributed by atoms with Crippen LogP contribution in [0, 0.1) is 0 Å². The maximum Gasteiger partial charge on any atom is 0.351 e. The second kappa shape index (κ2) is 14.2. The van der Waals surface area contributed by atoms with E-state index >= 15 is 0 Å². The van der Waals surface area contributed by atoms with Gasteiger partial charge in [0.1, 0.15) is 41.2 Å². The molecule has 6 rings (SSSR count). The minimum Gasteiger partial charge on any atom is -0.497 e. The van der Waals surface area contributed by atoms with E-state index in [9.17, 15) is 19.8 Å². The van der Waals surface area contributed by atoms with Crippen molar-refractivity contribution in [1.29, 1.82) is 0 Å². The van der Waals surface area contributed by atoms with Crippen LogP contribution in [-0.2, 0) is 15.1 Å². The fraction of sp³-hybridized carbons (Fsp3) is 0.216. The van der Waals surface area contributed by atoms with Crippen LogP contribution in [0.4, 0.5) is 5.82 Å². The van der Waals surface area contributed by atoms with Gasteiger partial charge in [-0.2, -0.15) is 4.98 Å². The van der Waals surface area contributed by atoms with Crippen LogP contribution in [0.5, 0.6) is 11.5 Å². The zero-order valence-electron chi connectivity index (χ0n) is 26.3. The molecule has 1 aliphatic heterocycles. The van der Waals surface area contributed by atoms with E-state index < -0.39 is 41.7 Å². The first-order chi connectivity index (χ1) is 23.3. The highest BCUT2D eigenvalue weighted by molar-refractivity contribution is 6.03. The van der Waals surface area contributed by atoms with Gasteiger partial charge in [-0.05, 0) is 59.2 Å². The van der Waals surface area contributed by atoms with E-state index in [1.165, 1.54) is 12.3 Å². The minimum atomic E-state index is -1.48. The molecule has 11 nitrogen and oxygen atoms in total. The van der Waals surface area contributed by atoms with Gasteiger partial charge >= 0.3 is 5.69 Å². The van der Waals surface area contributed by atoms with Gasteiger partial charge in [0, 0.05) is 11.8 Å². The van der Waals surface area contributed by atoms with Crippen molar-refractivity contribution in [3.8, 4) is 11.5 Å². The zero-order valence-corrected chi connectivity index (χ0v) is 26.3. The van der Waals surface area contributed by atoms with Crippen molar-refractivity contribution in [2.45, 2.75) is 30.1 Å². The number of hydrogen-bond donors (Lipinski definition) is 3. The number of aliphatic hydroxyl groups excluding tert-OH is 2. The zero-order chi connectivity index (χ0) is 33.7. The number of amides is 1. The van der Waals surface area contributed by atoms with Gasteiger partial charge in [0.25, 0.3) is 5.91 Å². The Kier molecular flexibility index (Phi) is 9.65. The van der Waals surface area contributed by atoms with Gasteiger partial charge in [-0.25, -0.2) is 4.79 Å². The Bertz CT molecular complexity index is 1840. The minimum absolute atomic E-state index is 0.0321. The molecule has 1 aliphatic rings. The maximum absolute atomic E-state index is 13.1. The average molecular weight is 650 g/mol. The monoisotopic (exact) mass is 649 g/mol. The fourth-order valence-corrected chi connectivity index (χ4v) is 5.83. The topological polar surface area (TPSA) is 141 Å². The van der Waals surface area contributed by atoms with Crippen LogP contribution < -0.4 is 20.5 Å². The van der Waals surface area contributed by atoms with Crippen LogP contribution in [0.3, 0.4) is 0 Å². The van der Waals surface area contributed by atoms with Crippen LogP contribution in [0.25, 0.3) is 0 Å². The number of hydrogen-bond acceptors (Lipinski definition) is 9. The Morgan fingerprint density at radius 2 is 1.33 bits per heavy atom. The molecule has 3 N–H and O–H groups in total. The van der Waals surface area contributed by atoms with Gasteiger partial charge < -0.3 is 34.5 Å². The number of ether oxygens (including phenoxy) is 4. The number of rotatable bonds is 11. The molecule has 1 saturated heterocycles. The lowest BCUT2D eigenvalue weighted by Gasteiger charge is -2.37. The van der Waals surface area contributed by atoms with Gasteiger partial charge in [0.2, 0.25) is 0 Å². The summed E-state index contributed by atoms with van der Waals surface area (Å²) >= 11 is 0. The van der Waals surface area contributed by atoms with E-state index in [-0.39, 0.29) is 12.4 Å². The summed E-state index contributed by atoms with van der Waals surface area (Å²) in [4.78, 5) is 29.6. The van der Waals surface area contributed by atoms with Crippen LogP contribution >= 0.6 is 0 Å². The van der Waals surface area contributed by atoms with Crippen LogP contribution in [0.1, 0.15) is 33.3 Å². The normalized spacial score (nSPS) is 19.1. The fourth-order valence-electron chi connectivity index (χ4n) is 5.83. The Balaban J connectivity index is 1.29. The summed E-state index contributed by atoms with van der Waals surface area (Å²) in [7, 11) is 3.18. The van der Waals surface area contributed by atoms with Crippen molar-refractivity contribution < 1.29 is 34.0 Å². The molecule has 0 bridgehead atoms. The first kappa shape index (κ1) is 32.6. The maximum atomic E-state index is 13.1. The lowest BCUT2D eigenvalue weighted by molar-refractivity contribution is -0.0958. The van der Waals surface area contributed by atoms with Gasteiger partial charge in [-0.1, -0.05) is 72.8 Å². The molecule has 0 radical (unpaired) electrons. The largest absolute Gasteiger partial charge is 0.497 e. The number of carbonyl (C=O) groups is 1. The number of anilines is 1. The molecule has 0 aliphatic carbocycles. The smallest absolute Gasteiger partial charge is 0.351 e. The van der Waals surface area contributed by atoms with Crippen molar-refractivity contribution >= 4 is 11.7 Å². The first-order valence-electron chi connectivity index (χ1n) is 15.3. The summed E-state index contributed by atoms with van der Waals surface area (Å²) in [6, 6.07) is 34.5. The van der Waals surface area contributed by atoms with Crippen LogP contribution in [0.2, 0.25) is 0 Å². The number of benzene rings is 4. The standard InChI is InChI=1S/C37H35N3O8/c1-45-28-17-13-26(14-18-28)37(25-11-7-4-8-12-25,27-15-19-29(46-2)20-16-27)47-23-30-32(41)33(42)35(48-30)40-22-21-31(39-36(40)44)38-34(43)24-9-5-3-6-10-24/h3-22,30,32-33,35,41-42H,23H2,1-2H3,(H,38,39,43,44)/t30-,32-,33-,35-/m0/s1. The highest BCUT2D eigenvalue weighted by Crippen LogP contribution is 2.42. The van der Waals surface area contributed by atoms with Gasteiger partial charge in [0.15, 0.2) is 6.23 Å². The summed E-state index contributed by atoms with van der Waals surface area (Å²) in [5.41, 5.74) is 0.783. The molecule has 48 heavy (non-hydrogen) atoms. The Labute approximate surface area is 277 Å². The molecular formula is C37H35N3O8. The van der Waals surface area contributed by atoms with Gasteiger partial charge in [-0.15, -0.1) is 0 Å². The second-order valence-corrected chi connectivity index (χ2v) is 11.2. The third kappa shape index (κ3) is 6.44. The van der Waals surface area contributed by atoms with Crippen molar-refractivity contribution in [2.24, 2.45) is 0 Å². The van der Waals surface area contributed by atoms with Crippen molar-refractivity contribution in [3.63, 3.8) is 0 Å². The SMILES string of the molecule is COc1ccc(C(OC[C@@H]2O[C@H](n3ccc(NC(=O)c4ccccc4)nc3=O)[C@@H](O)[C@H]2O)(c2ccccc2)c2ccc(OC)cc2)cc1. The third-order valence-electron chi connectivity index (χ3n) is 8.36. The molecule has 5 aromatic rings. The molecule has 0 spiro atoms. The summed E-state index contributed by atoms with van der Waals surface area (Å²) in [6.45, 7) is -0.172. The Morgan fingerprint density at radius 3 is 1.88 bits per heavy atom. The molecule has 4 atom stereocenters. The van der Waals surface area contributed by atoms with E-state index in [0.717, 1.165) is 21.3 Å². The quantitative estimate of drug-likeness (QED) is 0.180. The van der Waals surface area contributed by atoms with Crippen molar-refractivity contribution in [3.05, 3.63) is 154 Å². The number of methoxy groups -OCH3 is 2. The summed E-state index contributed by atoms with van der Waals surface area (Å²) in [6.07, 6.45) is -3.83. The van der Waals surface area contributed by atoms with E-state index in [2.05, 4.69) is 10.3 Å². The molecular weight excluding hydrogens is 614 g/mol. The van der Waals surface area contributed by atoms with E-state index in [1.54, 1.807) is 44.6 Å². The number of aromatic nitrogens is 2. The molecule has 0 saturated carbocycles. The third-order valence-corrected chi connectivity index (χ3v) is 8.36. The average Bonchev–Trinajstić information content (AvgIpc) is 3.42. The lowest BCUT2D eigenvalue weighted by Crippen LogP contribution is -2.39. The molecule has 4 aromatic carbocycles. The highest BCUT2D eigenvalue weighted by Gasteiger charge is 2.46. The molecule has 2 heterocycles. The van der Waals surface area contributed by atoms with Crippen LogP contribution in [-0.4, -0.2) is 64.8 Å². The molecule has 246 valence electrons. The van der Waals surface area contributed by atoms with E-state index in [1.807, 2.05) is 78.9 Å². The lowest BCUT2D eigenvalue weighted by atomic mass is 9.80. The van der Waals surface area contributed by atoms with Gasteiger partial charge in [-0.3, -0.25) is 9.36 Å². The summed E-state index contributed by atoms with van der Waals surface area (Å²) < 4.78 is 24.8. The van der Waals surface area contributed by atoms with Gasteiger partial charge in [0.05, 0.1) is 20.8 Å². The van der Waals surface area contributed by atoms with Crippen LogP contribution in [0.15, 0.2) is 126 Å². The number of aliphatic hydroxyl groups is 2. The summed E-state index contributed by atoms with van der Waals surface area (Å²) in [5.74, 6) is 0.937. The Hall–Kier alpha value is -5.33. The van der Waals surface area contributed by atoms with E-state index in [4.69, 9.17) is 18.9 Å². The highest BCUT2D eigenvalue weighted by atomic mass is 16.6. The summed E-state index contributed by atoms with van der Waals surface area (Å²) in [5, 5.41) is 24.8. The van der Waals surface area contributed by atoms with Crippen molar-refractivity contribution in [2.75, 3.05) is 26.1 Å². The molecule has 1 fully saturated rings. The second-order valence-electron chi connectivity index (χ2n) is 11.2. The molecule has 11 heteroatoms. The first-order valence-corrected chi connectivity index (χ1v) is 15.3. The predicted molar refractivity (Wildman–Crippen MR) is 177 cm³/mol. The predicted octanol–water partition coefficient (Wildman–Crippen LogP) is 4.14. The van der Waals surface area contributed by atoms with Crippen molar-refractivity contribution in [1.82, 2.24) is 9.55 Å². The molecule has 0 unspecified atom stereocenters. The number of nitrogens with one attached hydrogen (secondary N) is 1. The molecule has 1 aromatic heterocycles. The number of carbonyl (C=O) groups excluding carboxylic acids is 1.